The van der Waals surface area contributed by atoms with Crippen molar-refractivity contribution in [1.29, 1.82) is 0 Å². The summed E-state index contributed by atoms with van der Waals surface area (Å²) in [6.45, 7) is 7.40. The molecule has 1 aromatic heterocycles. The standard InChI is InChI=1S/C22H23ClN4O2/c1-13-8-14(2)10-17(9-13)25-22-24-16(4)11-20(29)27(22)12-19(28)26-21-15(3)6-5-7-18(21)23/h5-11H,12H2,1-4H3,(H,24,25)(H,26,28). The molecule has 0 aliphatic carbocycles. The van der Waals surface area contributed by atoms with E-state index in [1.54, 1.807) is 13.0 Å². The van der Waals surface area contributed by atoms with E-state index in [4.69, 9.17) is 11.6 Å². The minimum absolute atomic E-state index is 0.191. The smallest absolute Gasteiger partial charge is 0.255 e. The van der Waals surface area contributed by atoms with Gasteiger partial charge >= 0.3 is 0 Å². The minimum atomic E-state index is -0.363. The second-order valence-electron chi connectivity index (χ2n) is 7.13. The zero-order valence-electron chi connectivity index (χ0n) is 16.8. The van der Waals surface area contributed by atoms with Gasteiger partial charge in [0, 0.05) is 17.4 Å². The molecular weight excluding hydrogens is 388 g/mol. The number of aromatic nitrogens is 2. The molecule has 1 amide bonds. The first kappa shape index (κ1) is 20.6. The van der Waals surface area contributed by atoms with E-state index in [1.165, 1.54) is 10.6 Å². The van der Waals surface area contributed by atoms with Crippen LogP contribution in [0, 0.1) is 27.7 Å². The Morgan fingerprint density at radius 2 is 1.76 bits per heavy atom. The number of hydrogen-bond acceptors (Lipinski definition) is 4. The maximum atomic E-state index is 12.7. The average Bonchev–Trinajstić information content (AvgIpc) is 2.60. The van der Waals surface area contributed by atoms with Crippen LogP contribution in [0.25, 0.3) is 0 Å². The van der Waals surface area contributed by atoms with Crippen molar-refractivity contribution in [1.82, 2.24) is 9.55 Å². The molecule has 2 N–H and O–H groups in total. The highest BCUT2D eigenvalue weighted by molar-refractivity contribution is 6.33. The van der Waals surface area contributed by atoms with Crippen LogP contribution >= 0.6 is 11.6 Å². The second kappa shape index (κ2) is 8.49. The van der Waals surface area contributed by atoms with Crippen LogP contribution in [0.3, 0.4) is 0 Å². The van der Waals surface area contributed by atoms with E-state index in [2.05, 4.69) is 21.7 Å². The molecule has 0 aliphatic rings. The van der Waals surface area contributed by atoms with E-state index in [1.807, 2.05) is 45.0 Å². The van der Waals surface area contributed by atoms with Gasteiger partial charge < -0.3 is 10.6 Å². The number of anilines is 3. The normalized spacial score (nSPS) is 10.7. The highest BCUT2D eigenvalue weighted by Gasteiger charge is 2.14. The summed E-state index contributed by atoms with van der Waals surface area (Å²) in [5.74, 6) is -0.0524. The fraction of sp³-hybridized carbons (Fsp3) is 0.227. The Morgan fingerprint density at radius 3 is 2.41 bits per heavy atom. The number of amides is 1. The van der Waals surface area contributed by atoms with Crippen molar-refractivity contribution in [3.8, 4) is 0 Å². The van der Waals surface area contributed by atoms with Gasteiger partial charge in [-0.05, 0) is 62.6 Å². The van der Waals surface area contributed by atoms with Crippen LogP contribution < -0.4 is 16.2 Å². The topological polar surface area (TPSA) is 76.0 Å². The third kappa shape index (κ3) is 5.03. The van der Waals surface area contributed by atoms with Crippen molar-refractivity contribution in [3.05, 3.63) is 80.2 Å². The fourth-order valence-electron chi connectivity index (χ4n) is 3.16. The van der Waals surface area contributed by atoms with Gasteiger partial charge in [-0.3, -0.25) is 14.2 Å². The molecule has 0 atom stereocenters. The number of para-hydroxylation sites is 1. The number of carbonyl (C=O) groups excluding carboxylic acids is 1. The van der Waals surface area contributed by atoms with E-state index >= 15 is 0 Å². The highest BCUT2D eigenvalue weighted by atomic mass is 35.5. The summed E-state index contributed by atoms with van der Waals surface area (Å²) in [5.41, 5.74) is 4.61. The molecule has 29 heavy (non-hydrogen) atoms. The SMILES string of the molecule is Cc1cc(C)cc(Nc2nc(C)cc(=O)n2CC(=O)Nc2c(C)cccc2Cl)c1. The molecule has 0 unspecified atom stereocenters. The summed E-state index contributed by atoms with van der Waals surface area (Å²) in [4.78, 5) is 29.7. The summed E-state index contributed by atoms with van der Waals surface area (Å²) < 4.78 is 1.31. The molecule has 2 aromatic carbocycles. The zero-order chi connectivity index (χ0) is 21.1. The van der Waals surface area contributed by atoms with Gasteiger partial charge in [0.1, 0.15) is 6.54 Å². The second-order valence-corrected chi connectivity index (χ2v) is 7.53. The quantitative estimate of drug-likeness (QED) is 0.648. The number of benzene rings is 2. The largest absolute Gasteiger partial charge is 0.325 e. The Morgan fingerprint density at radius 1 is 1.07 bits per heavy atom. The Kier molecular flexibility index (Phi) is 6.03. The van der Waals surface area contributed by atoms with Crippen molar-refractivity contribution in [2.45, 2.75) is 34.2 Å². The minimum Gasteiger partial charge on any atom is -0.325 e. The van der Waals surface area contributed by atoms with Crippen LogP contribution in [0.5, 0.6) is 0 Å². The molecule has 6 nitrogen and oxygen atoms in total. The Bertz CT molecular complexity index is 1100. The number of nitrogens with one attached hydrogen (secondary N) is 2. The van der Waals surface area contributed by atoms with Gasteiger partial charge in [-0.1, -0.05) is 29.8 Å². The molecule has 1 heterocycles. The van der Waals surface area contributed by atoms with E-state index in [9.17, 15) is 9.59 Å². The number of halogens is 1. The van der Waals surface area contributed by atoms with Crippen LogP contribution in [0.15, 0.2) is 47.3 Å². The molecule has 3 aromatic rings. The predicted molar refractivity (Wildman–Crippen MR) is 117 cm³/mol. The van der Waals surface area contributed by atoms with Crippen LogP contribution in [0.4, 0.5) is 17.3 Å². The lowest BCUT2D eigenvalue weighted by Crippen LogP contribution is -2.30. The van der Waals surface area contributed by atoms with E-state index in [0.29, 0.717) is 22.4 Å². The number of nitrogens with zero attached hydrogens (tertiary/aromatic N) is 2. The molecule has 0 fully saturated rings. The molecular formula is C22H23ClN4O2. The van der Waals surface area contributed by atoms with Crippen LogP contribution in [0.2, 0.25) is 5.02 Å². The van der Waals surface area contributed by atoms with Crippen molar-refractivity contribution in [3.63, 3.8) is 0 Å². The summed E-state index contributed by atoms with van der Waals surface area (Å²) in [5, 5.41) is 6.41. The molecule has 3 rings (SSSR count). The average molecular weight is 411 g/mol. The van der Waals surface area contributed by atoms with Gasteiger partial charge in [0.2, 0.25) is 11.9 Å². The molecule has 0 radical (unpaired) electrons. The lowest BCUT2D eigenvalue weighted by atomic mass is 10.1. The highest BCUT2D eigenvalue weighted by Crippen LogP contribution is 2.25. The van der Waals surface area contributed by atoms with Crippen LogP contribution in [-0.4, -0.2) is 15.5 Å². The number of carbonyl (C=O) groups is 1. The monoisotopic (exact) mass is 410 g/mol. The third-order valence-corrected chi connectivity index (χ3v) is 4.72. The van der Waals surface area contributed by atoms with Gasteiger partial charge in [0.15, 0.2) is 0 Å². The zero-order valence-corrected chi connectivity index (χ0v) is 17.6. The Balaban J connectivity index is 1.90. The van der Waals surface area contributed by atoms with Crippen molar-refractivity contribution >= 4 is 34.8 Å². The summed E-state index contributed by atoms with van der Waals surface area (Å²) in [7, 11) is 0. The molecule has 0 spiro atoms. The maximum Gasteiger partial charge on any atom is 0.255 e. The van der Waals surface area contributed by atoms with Gasteiger partial charge in [-0.2, -0.15) is 0 Å². The summed E-state index contributed by atoms with van der Waals surface area (Å²) >= 11 is 6.19. The fourth-order valence-corrected chi connectivity index (χ4v) is 3.43. The lowest BCUT2D eigenvalue weighted by Gasteiger charge is -2.16. The summed E-state index contributed by atoms with van der Waals surface area (Å²) in [6, 6.07) is 12.7. The van der Waals surface area contributed by atoms with Crippen LogP contribution in [-0.2, 0) is 11.3 Å². The number of aryl methyl sites for hydroxylation is 4. The third-order valence-electron chi connectivity index (χ3n) is 4.40. The maximum absolute atomic E-state index is 12.7. The van der Waals surface area contributed by atoms with Crippen molar-refractivity contribution in [2.24, 2.45) is 0 Å². The first-order valence-electron chi connectivity index (χ1n) is 9.21. The van der Waals surface area contributed by atoms with Gasteiger partial charge in [-0.15, -0.1) is 0 Å². The Hall–Kier alpha value is -3.12. The van der Waals surface area contributed by atoms with Gasteiger partial charge in [0.25, 0.3) is 5.56 Å². The van der Waals surface area contributed by atoms with E-state index in [-0.39, 0.29) is 18.0 Å². The van der Waals surface area contributed by atoms with Gasteiger partial charge in [0.05, 0.1) is 10.7 Å². The molecule has 0 aliphatic heterocycles. The van der Waals surface area contributed by atoms with E-state index < -0.39 is 0 Å². The predicted octanol–water partition coefficient (Wildman–Crippen LogP) is 4.51. The van der Waals surface area contributed by atoms with Crippen LogP contribution in [0.1, 0.15) is 22.4 Å². The number of hydrogen-bond donors (Lipinski definition) is 2. The molecule has 0 saturated heterocycles. The molecule has 0 bridgehead atoms. The lowest BCUT2D eigenvalue weighted by molar-refractivity contribution is -0.116. The van der Waals surface area contributed by atoms with Crippen molar-refractivity contribution in [2.75, 3.05) is 10.6 Å². The van der Waals surface area contributed by atoms with Gasteiger partial charge in [-0.25, -0.2) is 4.98 Å². The number of rotatable bonds is 5. The molecule has 7 heteroatoms. The molecule has 150 valence electrons. The molecule has 0 saturated carbocycles. The van der Waals surface area contributed by atoms with Crippen molar-refractivity contribution < 1.29 is 4.79 Å². The first-order chi connectivity index (χ1) is 13.7. The first-order valence-corrected chi connectivity index (χ1v) is 9.59. The van der Waals surface area contributed by atoms with E-state index in [0.717, 1.165) is 22.4 Å². The summed E-state index contributed by atoms with van der Waals surface area (Å²) in [6.07, 6.45) is 0. The Labute approximate surface area is 174 Å².